The molecule has 0 saturated carbocycles. The zero-order valence-electron chi connectivity index (χ0n) is 13.1. The van der Waals surface area contributed by atoms with Gasteiger partial charge in [-0.1, -0.05) is 0 Å². The molecule has 0 fully saturated rings. The minimum Gasteiger partial charge on any atom is -0.494 e. The first-order valence-corrected chi connectivity index (χ1v) is 7.31. The molecule has 124 valence electrons. The van der Waals surface area contributed by atoms with Gasteiger partial charge in [0.25, 0.3) is 5.91 Å². The van der Waals surface area contributed by atoms with Crippen molar-refractivity contribution in [1.29, 1.82) is 0 Å². The SMILES string of the molecule is CCOc1ccc(-n2nc(CO)c(C(=O)NC[C@H](C)O)n2)cc1. The number of amides is 1. The Bertz CT molecular complexity index is 652. The number of aliphatic hydroxyl groups excluding tert-OH is 2. The monoisotopic (exact) mass is 320 g/mol. The first-order chi connectivity index (χ1) is 11.0. The number of carbonyl (C=O) groups is 1. The van der Waals surface area contributed by atoms with Gasteiger partial charge in [0, 0.05) is 6.54 Å². The van der Waals surface area contributed by atoms with E-state index in [1.807, 2.05) is 6.92 Å². The van der Waals surface area contributed by atoms with Crippen molar-refractivity contribution in [1.82, 2.24) is 20.3 Å². The van der Waals surface area contributed by atoms with Crippen LogP contribution in [-0.4, -0.2) is 50.4 Å². The molecule has 2 aromatic rings. The fourth-order valence-corrected chi connectivity index (χ4v) is 1.90. The van der Waals surface area contributed by atoms with Crippen molar-refractivity contribution in [3.05, 3.63) is 35.7 Å². The minimum atomic E-state index is -0.669. The van der Waals surface area contributed by atoms with E-state index in [2.05, 4.69) is 15.5 Å². The third-order valence-corrected chi connectivity index (χ3v) is 2.99. The molecule has 0 aliphatic rings. The number of rotatable bonds is 7. The standard InChI is InChI=1S/C15H20N4O4/c1-3-23-12-6-4-11(5-7-12)19-17-13(9-20)14(18-19)15(22)16-8-10(2)21/h4-7,10,20-21H,3,8-9H2,1-2H3,(H,16,22)/t10-/m0/s1. The number of nitrogens with one attached hydrogen (secondary N) is 1. The van der Waals surface area contributed by atoms with Gasteiger partial charge in [-0.15, -0.1) is 10.2 Å². The third-order valence-electron chi connectivity index (χ3n) is 2.99. The molecule has 1 atom stereocenters. The number of ether oxygens (including phenoxy) is 1. The van der Waals surface area contributed by atoms with Gasteiger partial charge in [-0.05, 0) is 38.1 Å². The number of aromatic nitrogens is 3. The molecule has 1 aromatic carbocycles. The fourth-order valence-electron chi connectivity index (χ4n) is 1.90. The summed E-state index contributed by atoms with van der Waals surface area (Å²) in [6.45, 7) is 3.72. The molecule has 8 heteroatoms. The fraction of sp³-hybridized carbons (Fsp3) is 0.400. The number of hydrogen-bond acceptors (Lipinski definition) is 6. The summed E-state index contributed by atoms with van der Waals surface area (Å²) in [4.78, 5) is 13.3. The maximum absolute atomic E-state index is 12.0. The second kappa shape index (κ2) is 7.70. The van der Waals surface area contributed by atoms with E-state index in [9.17, 15) is 15.0 Å². The Kier molecular flexibility index (Phi) is 5.67. The Morgan fingerprint density at radius 3 is 2.61 bits per heavy atom. The number of benzene rings is 1. The summed E-state index contributed by atoms with van der Waals surface area (Å²) in [5.41, 5.74) is 0.835. The Morgan fingerprint density at radius 1 is 1.35 bits per heavy atom. The van der Waals surface area contributed by atoms with Gasteiger partial charge in [-0.25, -0.2) is 0 Å². The number of carbonyl (C=O) groups excluding carboxylic acids is 1. The highest BCUT2D eigenvalue weighted by atomic mass is 16.5. The van der Waals surface area contributed by atoms with Gasteiger partial charge in [0.05, 0.1) is 25.0 Å². The highest BCUT2D eigenvalue weighted by Gasteiger charge is 2.18. The second-order valence-corrected chi connectivity index (χ2v) is 4.93. The molecule has 0 aliphatic carbocycles. The maximum atomic E-state index is 12.0. The van der Waals surface area contributed by atoms with E-state index in [0.717, 1.165) is 5.75 Å². The van der Waals surface area contributed by atoms with Crippen LogP contribution in [-0.2, 0) is 6.61 Å². The van der Waals surface area contributed by atoms with Crippen LogP contribution in [0.5, 0.6) is 5.75 Å². The van der Waals surface area contributed by atoms with Gasteiger partial charge >= 0.3 is 0 Å². The van der Waals surface area contributed by atoms with Gasteiger partial charge in [0.2, 0.25) is 0 Å². The van der Waals surface area contributed by atoms with E-state index in [1.54, 1.807) is 31.2 Å². The molecule has 1 amide bonds. The van der Waals surface area contributed by atoms with Crippen LogP contribution >= 0.6 is 0 Å². The summed E-state index contributed by atoms with van der Waals surface area (Å²) < 4.78 is 5.36. The summed E-state index contributed by atoms with van der Waals surface area (Å²) in [6, 6.07) is 7.05. The molecule has 1 heterocycles. The van der Waals surface area contributed by atoms with Gasteiger partial charge in [0.1, 0.15) is 11.4 Å². The van der Waals surface area contributed by atoms with E-state index in [-0.39, 0.29) is 17.9 Å². The first-order valence-electron chi connectivity index (χ1n) is 7.31. The lowest BCUT2D eigenvalue weighted by Crippen LogP contribution is -2.31. The van der Waals surface area contributed by atoms with Crippen molar-refractivity contribution in [2.45, 2.75) is 26.6 Å². The zero-order chi connectivity index (χ0) is 16.8. The lowest BCUT2D eigenvalue weighted by molar-refractivity contribution is 0.0915. The Hall–Kier alpha value is -2.45. The largest absolute Gasteiger partial charge is 0.494 e. The lowest BCUT2D eigenvalue weighted by atomic mass is 10.3. The van der Waals surface area contributed by atoms with Gasteiger partial charge < -0.3 is 20.3 Å². The molecule has 0 aliphatic heterocycles. The van der Waals surface area contributed by atoms with Crippen LogP contribution in [0, 0.1) is 0 Å². The van der Waals surface area contributed by atoms with Crippen LogP contribution in [0.15, 0.2) is 24.3 Å². The topological polar surface area (TPSA) is 110 Å². The molecule has 3 N–H and O–H groups in total. The van der Waals surface area contributed by atoms with Crippen LogP contribution in [0.2, 0.25) is 0 Å². The van der Waals surface area contributed by atoms with Crippen LogP contribution in [0.1, 0.15) is 30.0 Å². The third kappa shape index (κ3) is 4.27. The van der Waals surface area contributed by atoms with Gasteiger partial charge in [-0.2, -0.15) is 4.80 Å². The average Bonchev–Trinajstić information content (AvgIpc) is 2.98. The highest BCUT2D eigenvalue weighted by Crippen LogP contribution is 2.15. The molecule has 0 radical (unpaired) electrons. The quantitative estimate of drug-likeness (QED) is 0.675. The van der Waals surface area contributed by atoms with E-state index in [4.69, 9.17) is 4.74 Å². The minimum absolute atomic E-state index is 0.0297. The molecule has 2 rings (SSSR count). The molecular formula is C15H20N4O4. The normalized spacial score (nSPS) is 12.0. The highest BCUT2D eigenvalue weighted by molar-refractivity contribution is 5.93. The summed E-state index contributed by atoms with van der Waals surface area (Å²) >= 11 is 0. The molecule has 0 saturated heterocycles. The molecule has 1 aromatic heterocycles. The summed E-state index contributed by atoms with van der Waals surface area (Å²) in [5, 5.41) is 29.3. The predicted octanol–water partition coefficient (Wildman–Crippen LogP) is 0.269. The maximum Gasteiger partial charge on any atom is 0.273 e. The molecule has 0 unspecified atom stereocenters. The average molecular weight is 320 g/mol. The lowest BCUT2D eigenvalue weighted by Gasteiger charge is -2.05. The van der Waals surface area contributed by atoms with E-state index >= 15 is 0 Å². The van der Waals surface area contributed by atoms with Crippen LogP contribution in [0.25, 0.3) is 5.69 Å². The Labute approximate surface area is 133 Å². The number of hydrogen-bond donors (Lipinski definition) is 3. The van der Waals surface area contributed by atoms with Crippen molar-refractivity contribution >= 4 is 5.91 Å². The second-order valence-electron chi connectivity index (χ2n) is 4.93. The van der Waals surface area contributed by atoms with Crippen molar-refractivity contribution < 1.29 is 19.7 Å². The van der Waals surface area contributed by atoms with Crippen molar-refractivity contribution in [3.63, 3.8) is 0 Å². The van der Waals surface area contributed by atoms with E-state index in [1.165, 1.54) is 4.80 Å². The van der Waals surface area contributed by atoms with Gasteiger partial charge in [0.15, 0.2) is 5.69 Å². The van der Waals surface area contributed by atoms with Crippen molar-refractivity contribution in [3.8, 4) is 11.4 Å². The molecular weight excluding hydrogens is 300 g/mol. The number of aliphatic hydroxyl groups is 2. The van der Waals surface area contributed by atoms with E-state index < -0.39 is 18.6 Å². The summed E-state index contributed by atoms with van der Waals surface area (Å²) in [6.07, 6.45) is -0.669. The van der Waals surface area contributed by atoms with Crippen LogP contribution in [0.4, 0.5) is 0 Å². The first kappa shape index (κ1) is 16.9. The predicted molar refractivity (Wildman–Crippen MR) is 82.5 cm³/mol. The van der Waals surface area contributed by atoms with Crippen molar-refractivity contribution in [2.75, 3.05) is 13.2 Å². The Morgan fingerprint density at radius 2 is 2.04 bits per heavy atom. The number of nitrogens with zero attached hydrogens (tertiary/aromatic N) is 3. The Balaban J connectivity index is 2.22. The van der Waals surface area contributed by atoms with Crippen molar-refractivity contribution in [2.24, 2.45) is 0 Å². The zero-order valence-corrected chi connectivity index (χ0v) is 13.1. The molecule has 0 bridgehead atoms. The smallest absolute Gasteiger partial charge is 0.273 e. The van der Waals surface area contributed by atoms with Crippen LogP contribution < -0.4 is 10.1 Å². The molecule has 23 heavy (non-hydrogen) atoms. The summed E-state index contributed by atoms with van der Waals surface area (Å²) in [7, 11) is 0. The van der Waals surface area contributed by atoms with Gasteiger partial charge in [-0.3, -0.25) is 4.79 Å². The molecule has 8 nitrogen and oxygen atoms in total. The van der Waals surface area contributed by atoms with Crippen LogP contribution in [0.3, 0.4) is 0 Å². The summed E-state index contributed by atoms with van der Waals surface area (Å²) in [5.74, 6) is 0.229. The molecule has 0 spiro atoms. The van der Waals surface area contributed by atoms with E-state index in [0.29, 0.717) is 12.3 Å².